The molecule has 0 spiro atoms. The zero-order valence-corrected chi connectivity index (χ0v) is 12.6. The Kier molecular flexibility index (Phi) is 3.65. The quantitative estimate of drug-likeness (QED) is 0.873. The van der Waals surface area contributed by atoms with E-state index in [1.165, 1.54) is 6.07 Å². The lowest BCUT2D eigenvalue weighted by Gasteiger charge is -2.15. The van der Waals surface area contributed by atoms with Crippen molar-refractivity contribution in [1.82, 2.24) is 4.98 Å². The second-order valence-electron chi connectivity index (χ2n) is 5.48. The summed E-state index contributed by atoms with van der Waals surface area (Å²) < 4.78 is 14.0. The maximum atomic E-state index is 13.5. The highest BCUT2D eigenvalue weighted by Gasteiger charge is 2.41. The van der Waals surface area contributed by atoms with Crippen LogP contribution in [0.5, 0.6) is 0 Å². The second kappa shape index (κ2) is 5.30. The Labute approximate surface area is 125 Å². The van der Waals surface area contributed by atoms with Crippen LogP contribution in [0.15, 0.2) is 28.7 Å². The molecule has 0 bridgehead atoms. The maximum absolute atomic E-state index is 13.5. The van der Waals surface area contributed by atoms with Crippen LogP contribution in [-0.4, -0.2) is 23.2 Å². The highest BCUT2D eigenvalue weighted by atomic mass is 79.9. The molecule has 20 heavy (non-hydrogen) atoms. The van der Waals surface area contributed by atoms with Crippen LogP contribution in [0, 0.1) is 11.2 Å². The number of aliphatic hydroxyl groups excluding tert-OH is 1. The molecule has 1 fully saturated rings. The number of rotatable bonds is 5. The van der Waals surface area contributed by atoms with Crippen LogP contribution in [0.3, 0.4) is 0 Å². The summed E-state index contributed by atoms with van der Waals surface area (Å²) in [6.07, 6.45) is 3.13. The predicted molar refractivity (Wildman–Crippen MR) is 81.3 cm³/mol. The lowest BCUT2D eigenvalue weighted by molar-refractivity contribution is 0.253. The molecule has 1 aromatic heterocycles. The Morgan fingerprint density at radius 2 is 2.15 bits per heavy atom. The van der Waals surface area contributed by atoms with Gasteiger partial charge >= 0.3 is 0 Å². The van der Waals surface area contributed by atoms with Gasteiger partial charge in [-0.2, -0.15) is 0 Å². The number of hydrogen-bond acceptors (Lipinski definition) is 3. The average Bonchev–Trinajstić information content (AvgIpc) is 3.19. The summed E-state index contributed by atoms with van der Waals surface area (Å²) in [7, 11) is 0. The van der Waals surface area contributed by atoms with Crippen molar-refractivity contribution in [3.63, 3.8) is 0 Å². The Morgan fingerprint density at radius 3 is 2.85 bits per heavy atom. The van der Waals surface area contributed by atoms with Gasteiger partial charge in [0.05, 0.1) is 9.99 Å². The minimum Gasteiger partial charge on any atom is -0.396 e. The van der Waals surface area contributed by atoms with Gasteiger partial charge in [0.25, 0.3) is 0 Å². The monoisotopic (exact) mass is 338 g/mol. The first kappa shape index (κ1) is 13.8. The fourth-order valence-corrected chi connectivity index (χ4v) is 2.78. The molecule has 0 saturated heterocycles. The van der Waals surface area contributed by atoms with Crippen molar-refractivity contribution in [1.29, 1.82) is 0 Å². The number of aliphatic hydroxyl groups is 1. The van der Waals surface area contributed by atoms with Crippen molar-refractivity contribution in [2.24, 2.45) is 5.41 Å². The summed E-state index contributed by atoms with van der Waals surface area (Å²) in [6, 6.07) is 7.00. The summed E-state index contributed by atoms with van der Waals surface area (Å²) in [6.45, 7) is 1.04. The predicted octanol–water partition coefficient (Wildman–Crippen LogP) is 3.71. The molecule has 2 aromatic rings. The number of halogens is 2. The minimum absolute atomic E-state index is 0.228. The second-order valence-corrected chi connectivity index (χ2v) is 6.34. The molecule has 0 aliphatic heterocycles. The van der Waals surface area contributed by atoms with Crippen molar-refractivity contribution >= 4 is 32.7 Å². The van der Waals surface area contributed by atoms with Gasteiger partial charge in [0, 0.05) is 24.6 Å². The molecule has 1 aromatic carbocycles. The van der Waals surface area contributed by atoms with Crippen LogP contribution in [0.25, 0.3) is 10.9 Å². The number of benzene rings is 1. The molecule has 0 amide bonds. The fourth-order valence-electron chi connectivity index (χ4n) is 2.42. The van der Waals surface area contributed by atoms with Crippen molar-refractivity contribution in [2.75, 3.05) is 18.5 Å². The Bertz CT molecular complexity index is 643. The lowest BCUT2D eigenvalue weighted by atomic mass is 10.0. The number of anilines is 1. The van der Waals surface area contributed by atoms with Gasteiger partial charge in [-0.3, -0.25) is 0 Å². The summed E-state index contributed by atoms with van der Waals surface area (Å²) in [4.78, 5) is 4.43. The van der Waals surface area contributed by atoms with E-state index in [4.69, 9.17) is 5.11 Å². The normalized spacial score (nSPS) is 16.4. The lowest BCUT2D eigenvalue weighted by Crippen LogP contribution is -2.17. The third kappa shape index (κ3) is 2.79. The van der Waals surface area contributed by atoms with Gasteiger partial charge in [0.15, 0.2) is 0 Å². The minimum atomic E-state index is -0.305. The SMILES string of the molecule is OCCC1(CNc2ccc3cc(Br)c(F)cc3n2)CC1. The van der Waals surface area contributed by atoms with Crippen LogP contribution in [0.2, 0.25) is 0 Å². The smallest absolute Gasteiger partial charge is 0.139 e. The molecule has 1 saturated carbocycles. The summed E-state index contributed by atoms with van der Waals surface area (Å²) in [5.74, 6) is 0.449. The van der Waals surface area contributed by atoms with Gasteiger partial charge < -0.3 is 10.4 Å². The zero-order chi connectivity index (χ0) is 14.2. The van der Waals surface area contributed by atoms with Crippen molar-refractivity contribution in [2.45, 2.75) is 19.3 Å². The number of nitrogens with zero attached hydrogens (tertiary/aromatic N) is 1. The molecule has 0 atom stereocenters. The first-order valence-electron chi connectivity index (χ1n) is 6.72. The molecule has 1 heterocycles. The van der Waals surface area contributed by atoms with Crippen LogP contribution in [-0.2, 0) is 0 Å². The van der Waals surface area contributed by atoms with Crippen molar-refractivity contribution < 1.29 is 9.50 Å². The third-order valence-electron chi connectivity index (χ3n) is 3.98. The molecule has 3 nitrogen and oxygen atoms in total. The first-order chi connectivity index (χ1) is 9.62. The Hall–Kier alpha value is -1.20. The van der Waals surface area contributed by atoms with E-state index >= 15 is 0 Å². The van der Waals surface area contributed by atoms with Gasteiger partial charge in [-0.05, 0) is 58.8 Å². The molecular formula is C15H16BrFN2O. The van der Waals surface area contributed by atoms with Crippen LogP contribution in [0.4, 0.5) is 10.2 Å². The molecule has 3 rings (SSSR count). The first-order valence-corrected chi connectivity index (χ1v) is 7.52. The van der Waals surface area contributed by atoms with E-state index in [0.29, 0.717) is 9.99 Å². The highest BCUT2D eigenvalue weighted by Crippen LogP contribution is 2.48. The molecule has 1 aliphatic carbocycles. The zero-order valence-electron chi connectivity index (χ0n) is 11.0. The third-order valence-corrected chi connectivity index (χ3v) is 4.58. The van der Waals surface area contributed by atoms with Gasteiger partial charge in [0.1, 0.15) is 11.6 Å². The topological polar surface area (TPSA) is 45.1 Å². The number of hydrogen-bond donors (Lipinski definition) is 2. The molecule has 106 valence electrons. The number of aromatic nitrogens is 1. The van der Waals surface area contributed by atoms with E-state index in [-0.39, 0.29) is 17.8 Å². The maximum Gasteiger partial charge on any atom is 0.139 e. The Morgan fingerprint density at radius 1 is 1.35 bits per heavy atom. The molecule has 5 heteroatoms. The summed E-state index contributed by atoms with van der Waals surface area (Å²) >= 11 is 3.18. The van der Waals surface area contributed by atoms with Gasteiger partial charge in [0.2, 0.25) is 0 Å². The molecular weight excluding hydrogens is 323 g/mol. The van der Waals surface area contributed by atoms with Gasteiger partial charge in [-0.25, -0.2) is 9.37 Å². The van der Waals surface area contributed by atoms with E-state index in [0.717, 1.165) is 37.0 Å². The van der Waals surface area contributed by atoms with Crippen LogP contribution in [0.1, 0.15) is 19.3 Å². The molecule has 0 unspecified atom stereocenters. The van der Waals surface area contributed by atoms with E-state index in [2.05, 4.69) is 26.2 Å². The highest BCUT2D eigenvalue weighted by molar-refractivity contribution is 9.10. The van der Waals surface area contributed by atoms with E-state index in [1.54, 1.807) is 6.07 Å². The fraction of sp³-hybridized carbons (Fsp3) is 0.400. The number of nitrogens with one attached hydrogen (secondary N) is 1. The summed E-state index contributed by atoms with van der Waals surface area (Å²) in [5, 5.41) is 13.3. The summed E-state index contributed by atoms with van der Waals surface area (Å²) in [5.41, 5.74) is 0.874. The van der Waals surface area contributed by atoms with Crippen LogP contribution < -0.4 is 5.32 Å². The number of fused-ring (bicyclic) bond motifs is 1. The van der Waals surface area contributed by atoms with Crippen molar-refractivity contribution in [3.8, 4) is 0 Å². The standard InChI is InChI=1S/C15H16BrFN2O/c16-11-7-10-1-2-14(19-13(10)8-12(11)17)18-9-15(3-4-15)5-6-20/h1-2,7-8,20H,3-6,9H2,(H,18,19). The Balaban J connectivity index is 1.77. The van der Waals surface area contributed by atoms with E-state index in [9.17, 15) is 4.39 Å². The molecule has 2 N–H and O–H groups in total. The molecule has 1 aliphatic rings. The van der Waals surface area contributed by atoms with E-state index in [1.807, 2.05) is 12.1 Å². The van der Waals surface area contributed by atoms with Crippen LogP contribution >= 0.6 is 15.9 Å². The molecule has 0 radical (unpaired) electrons. The van der Waals surface area contributed by atoms with E-state index < -0.39 is 0 Å². The van der Waals surface area contributed by atoms with Gasteiger partial charge in [-0.1, -0.05) is 0 Å². The largest absolute Gasteiger partial charge is 0.396 e. The van der Waals surface area contributed by atoms with Gasteiger partial charge in [-0.15, -0.1) is 0 Å². The van der Waals surface area contributed by atoms with Crippen molar-refractivity contribution in [3.05, 3.63) is 34.6 Å². The number of pyridine rings is 1. The average molecular weight is 339 g/mol.